The van der Waals surface area contributed by atoms with Gasteiger partial charge in [-0.2, -0.15) is 11.8 Å². The van der Waals surface area contributed by atoms with Gasteiger partial charge in [0.25, 0.3) is 0 Å². The number of carbonyl (C=O) groups is 2. The molecule has 4 fully saturated rings. The lowest BCUT2D eigenvalue weighted by molar-refractivity contribution is -0.131. The minimum Gasteiger partial charge on any atom is -0.389 e. The highest BCUT2D eigenvalue weighted by Gasteiger charge is 2.81. The third-order valence-electron chi connectivity index (χ3n) is 8.53. The van der Waals surface area contributed by atoms with Crippen LogP contribution in [0, 0.1) is 22.7 Å². The highest BCUT2D eigenvalue weighted by atomic mass is 32.2. The van der Waals surface area contributed by atoms with Crippen molar-refractivity contribution in [1.82, 2.24) is 0 Å². The van der Waals surface area contributed by atoms with Gasteiger partial charge in [0.15, 0.2) is 5.78 Å². The predicted molar refractivity (Wildman–Crippen MR) is 99.9 cm³/mol. The molecule has 1 saturated heterocycles. The molecule has 0 aromatic heterocycles. The zero-order valence-corrected chi connectivity index (χ0v) is 16.4. The summed E-state index contributed by atoms with van der Waals surface area (Å²) in [4.78, 5) is 24.8. The molecule has 3 saturated carbocycles. The number of ketones is 2. The maximum atomic E-state index is 12.6. The molecular formula is C21H28O4S. The molecule has 5 aliphatic rings. The molecule has 0 aromatic rings. The number of epoxide rings is 1. The molecular weight excluding hydrogens is 348 g/mol. The molecule has 0 amide bonds. The van der Waals surface area contributed by atoms with Crippen LogP contribution in [0.2, 0.25) is 0 Å². The fourth-order valence-electron chi connectivity index (χ4n) is 7.34. The molecule has 4 aliphatic carbocycles. The molecule has 1 aliphatic heterocycles. The van der Waals surface area contributed by atoms with Crippen molar-refractivity contribution in [2.45, 2.75) is 69.7 Å². The van der Waals surface area contributed by atoms with Gasteiger partial charge >= 0.3 is 0 Å². The predicted octanol–water partition coefficient (Wildman–Crippen LogP) is 2.92. The van der Waals surface area contributed by atoms with E-state index in [0.29, 0.717) is 31.0 Å². The Bertz CT molecular complexity index is 717. The van der Waals surface area contributed by atoms with Crippen LogP contribution in [-0.2, 0) is 14.3 Å². The van der Waals surface area contributed by atoms with E-state index in [1.54, 1.807) is 6.08 Å². The molecule has 0 aromatic carbocycles. The lowest BCUT2D eigenvalue weighted by atomic mass is 9.45. The van der Waals surface area contributed by atoms with Gasteiger partial charge in [-0.3, -0.25) is 9.59 Å². The van der Waals surface area contributed by atoms with Crippen molar-refractivity contribution in [3.8, 4) is 0 Å². The molecule has 0 bridgehead atoms. The summed E-state index contributed by atoms with van der Waals surface area (Å²) >= 11 is 1.82. The van der Waals surface area contributed by atoms with Crippen LogP contribution in [0.3, 0.4) is 0 Å². The lowest BCUT2D eigenvalue weighted by Gasteiger charge is -2.57. The molecule has 5 rings (SSSR count). The maximum Gasteiger partial charge on any atom is 0.155 e. The van der Waals surface area contributed by atoms with Gasteiger partial charge in [-0.1, -0.05) is 6.92 Å². The van der Waals surface area contributed by atoms with Gasteiger partial charge in [-0.25, -0.2) is 0 Å². The van der Waals surface area contributed by atoms with Crippen molar-refractivity contribution in [2.75, 3.05) is 12.0 Å². The topological polar surface area (TPSA) is 66.9 Å². The third-order valence-corrected chi connectivity index (χ3v) is 9.14. The Morgan fingerprint density at radius 1 is 1.31 bits per heavy atom. The van der Waals surface area contributed by atoms with Crippen molar-refractivity contribution in [3.05, 3.63) is 11.6 Å². The molecule has 7 atom stereocenters. The number of hydrogen-bond acceptors (Lipinski definition) is 5. The van der Waals surface area contributed by atoms with E-state index in [9.17, 15) is 14.7 Å². The molecule has 0 radical (unpaired) electrons. The van der Waals surface area contributed by atoms with E-state index in [2.05, 4.69) is 13.2 Å². The number of ether oxygens (including phenoxy) is 1. The molecule has 2 unspecified atom stereocenters. The van der Waals surface area contributed by atoms with Gasteiger partial charge in [-0.15, -0.1) is 0 Å². The summed E-state index contributed by atoms with van der Waals surface area (Å²) in [6.07, 6.45) is 8.77. The fourth-order valence-corrected chi connectivity index (χ4v) is 7.89. The van der Waals surface area contributed by atoms with Gasteiger partial charge in [-0.05, 0) is 67.6 Å². The molecule has 5 heteroatoms. The van der Waals surface area contributed by atoms with Crippen LogP contribution >= 0.6 is 11.8 Å². The quantitative estimate of drug-likeness (QED) is 0.767. The number of rotatable bonds is 3. The van der Waals surface area contributed by atoms with Gasteiger partial charge in [0.2, 0.25) is 0 Å². The van der Waals surface area contributed by atoms with E-state index in [0.717, 1.165) is 37.0 Å². The van der Waals surface area contributed by atoms with Crippen molar-refractivity contribution in [1.29, 1.82) is 0 Å². The van der Waals surface area contributed by atoms with Crippen molar-refractivity contribution >= 4 is 23.3 Å². The molecule has 142 valence electrons. The second-order valence-corrected chi connectivity index (χ2v) is 10.3. The van der Waals surface area contributed by atoms with Crippen LogP contribution in [0.25, 0.3) is 0 Å². The van der Waals surface area contributed by atoms with E-state index in [1.165, 1.54) is 0 Å². The summed E-state index contributed by atoms with van der Waals surface area (Å²) in [5.74, 6) is 2.08. The zero-order chi connectivity index (χ0) is 18.3. The Morgan fingerprint density at radius 3 is 2.88 bits per heavy atom. The Labute approximate surface area is 159 Å². The third kappa shape index (κ3) is 1.90. The van der Waals surface area contributed by atoms with E-state index in [-0.39, 0.29) is 34.2 Å². The molecule has 1 N–H and O–H groups in total. The first-order valence-corrected chi connectivity index (χ1v) is 11.4. The standard InChI is InChI=1S/C21H28O4S/c1-19-11-18-21(25-18)14(13(19)3-4-17(19)24)10-16(23)15-9-12(22)5-6-20(15,21)7-8-26-2/h9,13-14,16,18,23H,3-8,10-11H2,1-2H3/t13?,14?,16-,18+,19+,20-,21+/m1/s1. The molecule has 4 nitrogen and oxygen atoms in total. The Balaban J connectivity index is 1.63. The van der Waals surface area contributed by atoms with E-state index >= 15 is 0 Å². The summed E-state index contributed by atoms with van der Waals surface area (Å²) in [7, 11) is 0. The van der Waals surface area contributed by atoms with Crippen molar-refractivity contribution in [2.24, 2.45) is 22.7 Å². The minimum absolute atomic E-state index is 0.113. The van der Waals surface area contributed by atoms with E-state index < -0.39 is 6.10 Å². The SMILES string of the molecule is CSCC[C@]12CCC(=O)C=C1[C@H](O)CC1C3CCC(=O)[C@@]3(C)C[C@@H]3O[C@@]132. The summed E-state index contributed by atoms with van der Waals surface area (Å²) in [5, 5.41) is 11.1. The summed E-state index contributed by atoms with van der Waals surface area (Å²) in [5.41, 5.74) is 0.198. The number of thioether (sulfide) groups is 1. The highest BCUT2D eigenvalue weighted by molar-refractivity contribution is 7.98. The number of fused-ring (bicyclic) bond motifs is 3. The van der Waals surface area contributed by atoms with Gasteiger partial charge in [0.05, 0.1) is 12.2 Å². The Kier molecular flexibility index (Phi) is 3.66. The summed E-state index contributed by atoms with van der Waals surface area (Å²) < 4.78 is 6.55. The zero-order valence-electron chi connectivity index (χ0n) is 15.6. The van der Waals surface area contributed by atoms with Crippen molar-refractivity contribution < 1.29 is 19.4 Å². The Hall–Kier alpha value is -0.650. The second-order valence-electron chi connectivity index (χ2n) is 9.34. The maximum absolute atomic E-state index is 12.6. The van der Waals surface area contributed by atoms with Gasteiger partial charge < -0.3 is 9.84 Å². The van der Waals surface area contributed by atoms with Crippen LogP contribution in [0.15, 0.2) is 11.6 Å². The number of aliphatic hydroxyl groups is 1. The first-order chi connectivity index (χ1) is 12.4. The van der Waals surface area contributed by atoms with Crippen LogP contribution in [0.5, 0.6) is 0 Å². The summed E-state index contributed by atoms with van der Waals surface area (Å²) in [6, 6.07) is 0. The van der Waals surface area contributed by atoms with Crippen molar-refractivity contribution in [3.63, 3.8) is 0 Å². The first kappa shape index (κ1) is 17.4. The van der Waals surface area contributed by atoms with Gasteiger partial charge in [0, 0.05) is 23.7 Å². The average molecular weight is 377 g/mol. The highest BCUT2D eigenvalue weighted by Crippen LogP contribution is 2.75. The largest absolute Gasteiger partial charge is 0.389 e. The monoisotopic (exact) mass is 376 g/mol. The van der Waals surface area contributed by atoms with Crippen LogP contribution in [0.4, 0.5) is 0 Å². The molecule has 1 heterocycles. The molecule has 26 heavy (non-hydrogen) atoms. The average Bonchev–Trinajstić information content (AvgIpc) is 3.26. The number of carbonyl (C=O) groups excluding carboxylic acids is 2. The molecule has 1 spiro atoms. The Morgan fingerprint density at radius 2 is 2.12 bits per heavy atom. The second kappa shape index (κ2) is 5.45. The van der Waals surface area contributed by atoms with E-state index in [1.807, 2.05) is 11.8 Å². The number of hydrogen-bond donors (Lipinski definition) is 1. The lowest BCUT2D eigenvalue weighted by Crippen LogP contribution is -2.61. The first-order valence-electron chi connectivity index (χ1n) is 10.0. The van der Waals surface area contributed by atoms with Crippen LogP contribution in [0.1, 0.15) is 51.9 Å². The normalized spacial score (nSPS) is 51.9. The number of Topliss-reactive ketones (excluding diaryl/α,β-unsaturated/α-hetero) is 1. The van der Waals surface area contributed by atoms with Crippen LogP contribution in [-0.4, -0.2) is 46.5 Å². The van der Waals surface area contributed by atoms with Crippen LogP contribution < -0.4 is 0 Å². The number of aliphatic hydroxyl groups excluding tert-OH is 1. The fraction of sp³-hybridized carbons (Fsp3) is 0.810. The van der Waals surface area contributed by atoms with E-state index in [4.69, 9.17) is 4.74 Å². The minimum atomic E-state index is -0.570. The smallest absolute Gasteiger partial charge is 0.155 e. The van der Waals surface area contributed by atoms with Gasteiger partial charge in [0.1, 0.15) is 11.4 Å². The summed E-state index contributed by atoms with van der Waals surface area (Å²) in [6.45, 7) is 2.13.